The van der Waals surface area contributed by atoms with E-state index in [-0.39, 0.29) is 5.41 Å². The molecule has 4 bridgehead atoms. The zero-order valence-corrected chi connectivity index (χ0v) is 12.6. The largest absolute Gasteiger partial charge is 0.508 e. The second kappa shape index (κ2) is 4.86. The molecule has 0 unspecified atom stereocenters. The Hall–Kier alpha value is -1.31. The highest BCUT2D eigenvalue weighted by atomic mass is 16.3. The van der Waals surface area contributed by atoms with Crippen molar-refractivity contribution >= 4 is 6.29 Å². The Bertz CT molecular complexity index is 525. The minimum absolute atomic E-state index is 0.252. The summed E-state index contributed by atoms with van der Waals surface area (Å²) in [7, 11) is 0. The first-order valence-electron chi connectivity index (χ1n) is 8.44. The van der Waals surface area contributed by atoms with Crippen LogP contribution in [0.4, 0.5) is 0 Å². The zero-order chi connectivity index (χ0) is 14.4. The number of phenolic OH excluding ortho intramolecular Hbond substituents is 1. The number of carbonyl (C=O) groups excluding carboxylic acids is 1. The minimum Gasteiger partial charge on any atom is -0.508 e. The van der Waals surface area contributed by atoms with Crippen molar-refractivity contribution in [2.45, 2.75) is 56.8 Å². The van der Waals surface area contributed by atoms with Crippen LogP contribution in [0.3, 0.4) is 0 Å². The first kappa shape index (κ1) is 13.4. The van der Waals surface area contributed by atoms with Gasteiger partial charge in [0.15, 0.2) is 0 Å². The molecule has 0 amide bonds. The summed E-state index contributed by atoms with van der Waals surface area (Å²) in [5, 5.41) is 10.6. The van der Waals surface area contributed by atoms with Gasteiger partial charge in [-0.25, -0.2) is 0 Å². The standard InChI is InChI=1S/C19H24O2/c20-5-1-2-13-3-4-17(18(21)9-13)19-10-14-6-15(11-19)8-16(7-14)12-19/h3-5,9,14-16,21H,1-2,6-8,10-12H2. The van der Waals surface area contributed by atoms with Crippen molar-refractivity contribution in [3.63, 3.8) is 0 Å². The topological polar surface area (TPSA) is 37.3 Å². The van der Waals surface area contributed by atoms with E-state index >= 15 is 0 Å². The molecule has 1 aromatic carbocycles. The Balaban J connectivity index is 1.65. The highest BCUT2D eigenvalue weighted by Crippen LogP contribution is 2.61. The average molecular weight is 284 g/mol. The molecule has 2 heteroatoms. The third-order valence-electron chi connectivity index (χ3n) is 6.22. The summed E-state index contributed by atoms with van der Waals surface area (Å²) in [5.74, 6) is 3.15. The Morgan fingerprint density at radius 1 is 1.10 bits per heavy atom. The normalized spacial score (nSPS) is 36.9. The molecule has 0 atom stereocenters. The van der Waals surface area contributed by atoms with Gasteiger partial charge >= 0.3 is 0 Å². The Kier molecular flexibility index (Phi) is 3.09. The number of rotatable bonds is 4. The molecule has 2 nitrogen and oxygen atoms in total. The van der Waals surface area contributed by atoms with Crippen LogP contribution in [0.25, 0.3) is 0 Å². The first-order valence-corrected chi connectivity index (χ1v) is 8.44. The molecule has 0 radical (unpaired) electrons. The molecule has 0 saturated heterocycles. The van der Waals surface area contributed by atoms with Crippen molar-refractivity contribution in [1.82, 2.24) is 0 Å². The molecule has 4 saturated carbocycles. The van der Waals surface area contributed by atoms with Crippen LogP contribution >= 0.6 is 0 Å². The van der Waals surface area contributed by atoms with Gasteiger partial charge in [-0.3, -0.25) is 0 Å². The number of benzene rings is 1. The molecule has 1 N–H and O–H groups in total. The van der Waals surface area contributed by atoms with Gasteiger partial charge in [0.2, 0.25) is 0 Å². The molecule has 5 rings (SSSR count). The maximum Gasteiger partial charge on any atom is 0.120 e. The van der Waals surface area contributed by atoms with E-state index in [1.807, 2.05) is 6.07 Å². The molecule has 112 valence electrons. The van der Waals surface area contributed by atoms with Gasteiger partial charge in [-0.1, -0.05) is 12.1 Å². The summed E-state index contributed by atoms with van der Waals surface area (Å²) in [5.41, 5.74) is 2.52. The quantitative estimate of drug-likeness (QED) is 0.849. The van der Waals surface area contributed by atoms with Gasteiger partial charge in [-0.2, -0.15) is 0 Å². The van der Waals surface area contributed by atoms with Gasteiger partial charge in [0, 0.05) is 12.0 Å². The number of aromatic hydroxyl groups is 1. The van der Waals surface area contributed by atoms with Gasteiger partial charge in [0.25, 0.3) is 0 Å². The third-order valence-corrected chi connectivity index (χ3v) is 6.22. The highest BCUT2D eigenvalue weighted by molar-refractivity contribution is 5.51. The molecule has 0 aromatic heterocycles. The monoisotopic (exact) mass is 284 g/mol. The van der Waals surface area contributed by atoms with Crippen LogP contribution in [0.1, 0.15) is 56.1 Å². The summed E-state index contributed by atoms with van der Waals surface area (Å²) in [4.78, 5) is 10.5. The lowest BCUT2D eigenvalue weighted by atomic mass is 9.48. The Morgan fingerprint density at radius 2 is 1.71 bits per heavy atom. The number of aryl methyl sites for hydroxylation is 1. The fourth-order valence-electron chi connectivity index (χ4n) is 5.85. The Morgan fingerprint density at radius 3 is 2.24 bits per heavy atom. The van der Waals surface area contributed by atoms with Crippen molar-refractivity contribution in [2.75, 3.05) is 0 Å². The van der Waals surface area contributed by atoms with Crippen LogP contribution in [0.15, 0.2) is 18.2 Å². The molecule has 0 aliphatic heterocycles. The van der Waals surface area contributed by atoms with Crippen molar-refractivity contribution < 1.29 is 9.90 Å². The van der Waals surface area contributed by atoms with Crippen LogP contribution in [-0.4, -0.2) is 11.4 Å². The van der Waals surface area contributed by atoms with E-state index < -0.39 is 0 Å². The summed E-state index contributed by atoms with van der Waals surface area (Å²) < 4.78 is 0. The number of carbonyl (C=O) groups is 1. The predicted molar refractivity (Wildman–Crippen MR) is 82.3 cm³/mol. The molecule has 0 spiro atoms. The van der Waals surface area contributed by atoms with Crippen LogP contribution in [0, 0.1) is 17.8 Å². The van der Waals surface area contributed by atoms with E-state index in [1.165, 1.54) is 44.1 Å². The van der Waals surface area contributed by atoms with Crippen LogP contribution in [0.2, 0.25) is 0 Å². The van der Waals surface area contributed by atoms with Gasteiger partial charge in [-0.05, 0) is 79.7 Å². The van der Waals surface area contributed by atoms with E-state index in [4.69, 9.17) is 0 Å². The first-order chi connectivity index (χ1) is 10.2. The molecular weight excluding hydrogens is 260 g/mol. The molecule has 21 heavy (non-hydrogen) atoms. The summed E-state index contributed by atoms with van der Waals surface area (Å²) in [6.45, 7) is 0. The lowest BCUT2D eigenvalue weighted by molar-refractivity contribution is -0.107. The maximum absolute atomic E-state index is 10.6. The number of aldehydes is 1. The third kappa shape index (κ3) is 2.20. The SMILES string of the molecule is O=CCCc1ccc(C23CC4CC(CC(C4)C2)C3)c(O)c1. The minimum atomic E-state index is 0.252. The van der Waals surface area contributed by atoms with Gasteiger partial charge in [-0.15, -0.1) is 0 Å². The smallest absolute Gasteiger partial charge is 0.120 e. The van der Waals surface area contributed by atoms with Crippen LogP contribution < -0.4 is 0 Å². The summed E-state index contributed by atoms with van der Waals surface area (Å²) in [6.07, 6.45) is 10.3. The predicted octanol–water partition coefficient (Wildman–Crippen LogP) is 3.99. The van der Waals surface area contributed by atoms with Crippen LogP contribution in [0.5, 0.6) is 5.75 Å². The van der Waals surface area contributed by atoms with Gasteiger partial charge < -0.3 is 9.90 Å². The van der Waals surface area contributed by atoms with Crippen molar-refractivity contribution in [3.05, 3.63) is 29.3 Å². The molecular formula is C19H24O2. The average Bonchev–Trinajstić information content (AvgIpc) is 2.43. The lowest BCUT2D eigenvalue weighted by Crippen LogP contribution is -2.48. The van der Waals surface area contributed by atoms with Gasteiger partial charge in [0.1, 0.15) is 12.0 Å². The van der Waals surface area contributed by atoms with Crippen LogP contribution in [-0.2, 0) is 16.6 Å². The second-order valence-corrected chi connectivity index (χ2v) is 7.75. The van der Waals surface area contributed by atoms with E-state index in [2.05, 4.69) is 12.1 Å². The second-order valence-electron chi connectivity index (χ2n) is 7.75. The van der Waals surface area contributed by atoms with E-state index in [1.54, 1.807) is 0 Å². The highest BCUT2D eigenvalue weighted by Gasteiger charge is 2.52. The zero-order valence-electron chi connectivity index (χ0n) is 12.6. The number of phenols is 1. The molecule has 4 aliphatic carbocycles. The van der Waals surface area contributed by atoms with E-state index in [0.717, 1.165) is 36.0 Å². The summed E-state index contributed by atoms with van der Waals surface area (Å²) in [6, 6.07) is 6.18. The summed E-state index contributed by atoms with van der Waals surface area (Å²) >= 11 is 0. The molecule has 4 fully saturated rings. The van der Waals surface area contributed by atoms with Crippen molar-refractivity contribution in [2.24, 2.45) is 17.8 Å². The fraction of sp³-hybridized carbons (Fsp3) is 0.632. The fourth-order valence-corrected chi connectivity index (χ4v) is 5.85. The van der Waals surface area contributed by atoms with Crippen molar-refractivity contribution in [1.29, 1.82) is 0 Å². The molecule has 1 aromatic rings. The van der Waals surface area contributed by atoms with Crippen molar-refractivity contribution in [3.8, 4) is 5.75 Å². The lowest BCUT2D eigenvalue weighted by Gasteiger charge is -2.57. The van der Waals surface area contributed by atoms with Gasteiger partial charge in [0.05, 0.1) is 0 Å². The maximum atomic E-state index is 10.6. The van der Waals surface area contributed by atoms with E-state index in [0.29, 0.717) is 12.2 Å². The van der Waals surface area contributed by atoms with E-state index in [9.17, 15) is 9.90 Å². The molecule has 0 heterocycles. The number of hydrogen-bond donors (Lipinski definition) is 1. The Labute approximate surface area is 126 Å². The number of hydrogen-bond acceptors (Lipinski definition) is 2. The molecule has 4 aliphatic rings.